The zero-order valence-electron chi connectivity index (χ0n) is 8.71. The van der Waals surface area contributed by atoms with E-state index in [-0.39, 0.29) is 18.2 Å². The summed E-state index contributed by atoms with van der Waals surface area (Å²) in [4.78, 5) is 12.0. The van der Waals surface area contributed by atoms with Gasteiger partial charge < -0.3 is 5.11 Å². The van der Waals surface area contributed by atoms with Crippen molar-refractivity contribution in [2.75, 3.05) is 12.4 Å². The van der Waals surface area contributed by atoms with Crippen LogP contribution >= 0.6 is 11.8 Å². The monoisotopic (exact) mass is 228 g/mol. The standard InChI is InChI=1S/C11H13FO2S/c1-7-5-11(15-4-3-13)9(8(2)14)6-10(7)12/h5-6,13H,3-4H2,1-2H3. The first-order chi connectivity index (χ1) is 7.06. The number of halogens is 1. The fourth-order valence-corrected chi connectivity index (χ4v) is 2.13. The SMILES string of the molecule is CC(=O)c1cc(F)c(C)cc1SCCO. The summed E-state index contributed by atoms with van der Waals surface area (Å²) in [6.45, 7) is 3.10. The fourth-order valence-electron chi connectivity index (χ4n) is 1.21. The Morgan fingerprint density at radius 2 is 2.20 bits per heavy atom. The highest BCUT2D eigenvalue weighted by molar-refractivity contribution is 7.99. The number of carbonyl (C=O) groups is 1. The Morgan fingerprint density at radius 3 is 2.73 bits per heavy atom. The van der Waals surface area contributed by atoms with Gasteiger partial charge in [-0.3, -0.25) is 4.79 Å². The van der Waals surface area contributed by atoms with Crippen LogP contribution in [-0.2, 0) is 0 Å². The number of hydrogen-bond donors (Lipinski definition) is 1. The Hall–Kier alpha value is -0.870. The topological polar surface area (TPSA) is 37.3 Å². The molecule has 15 heavy (non-hydrogen) atoms. The number of carbonyl (C=O) groups excluding carboxylic acids is 1. The van der Waals surface area contributed by atoms with Crippen LogP contribution in [0, 0.1) is 12.7 Å². The van der Waals surface area contributed by atoms with Crippen molar-refractivity contribution in [3.8, 4) is 0 Å². The molecule has 1 N–H and O–H groups in total. The van der Waals surface area contributed by atoms with Gasteiger partial charge in [-0.25, -0.2) is 4.39 Å². The summed E-state index contributed by atoms with van der Waals surface area (Å²) in [5, 5.41) is 8.70. The molecule has 0 bridgehead atoms. The Labute approximate surface area is 92.5 Å². The van der Waals surface area contributed by atoms with E-state index >= 15 is 0 Å². The molecule has 0 heterocycles. The van der Waals surface area contributed by atoms with Crippen LogP contribution in [0.4, 0.5) is 4.39 Å². The molecule has 82 valence electrons. The lowest BCUT2D eigenvalue weighted by Gasteiger charge is -2.08. The zero-order chi connectivity index (χ0) is 11.4. The quantitative estimate of drug-likeness (QED) is 0.635. The van der Waals surface area contributed by atoms with Crippen LogP contribution in [0.5, 0.6) is 0 Å². The molecule has 0 aromatic heterocycles. The second kappa shape index (κ2) is 5.28. The highest BCUT2D eigenvalue weighted by Gasteiger charge is 2.11. The molecule has 0 radical (unpaired) electrons. The summed E-state index contributed by atoms with van der Waals surface area (Å²) in [6.07, 6.45) is 0. The first kappa shape index (κ1) is 12.2. The number of rotatable bonds is 4. The molecule has 0 fully saturated rings. The van der Waals surface area contributed by atoms with Crippen LogP contribution in [0.3, 0.4) is 0 Å². The second-order valence-electron chi connectivity index (χ2n) is 3.23. The number of Topliss-reactive ketones (excluding diaryl/α,β-unsaturated/α-hetero) is 1. The fraction of sp³-hybridized carbons (Fsp3) is 0.364. The predicted molar refractivity (Wildman–Crippen MR) is 59.0 cm³/mol. The van der Waals surface area contributed by atoms with Gasteiger partial charge in [0.1, 0.15) is 5.82 Å². The van der Waals surface area contributed by atoms with Crippen molar-refractivity contribution >= 4 is 17.5 Å². The minimum atomic E-state index is -0.367. The minimum Gasteiger partial charge on any atom is -0.396 e. The van der Waals surface area contributed by atoms with Crippen LogP contribution in [0.25, 0.3) is 0 Å². The molecule has 4 heteroatoms. The van der Waals surface area contributed by atoms with Crippen molar-refractivity contribution in [3.05, 3.63) is 29.1 Å². The molecule has 1 aromatic rings. The molecule has 1 aromatic carbocycles. The molecule has 0 aliphatic heterocycles. The first-order valence-electron chi connectivity index (χ1n) is 4.61. The van der Waals surface area contributed by atoms with Gasteiger partial charge in [0.25, 0.3) is 0 Å². The van der Waals surface area contributed by atoms with E-state index in [0.29, 0.717) is 16.9 Å². The van der Waals surface area contributed by atoms with Crippen molar-refractivity contribution in [2.45, 2.75) is 18.7 Å². The number of aliphatic hydroxyl groups is 1. The van der Waals surface area contributed by atoms with Gasteiger partial charge in [0, 0.05) is 16.2 Å². The van der Waals surface area contributed by atoms with E-state index in [1.165, 1.54) is 24.8 Å². The largest absolute Gasteiger partial charge is 0.396 e. The third kappa shape index (κ3) is 3.04. The van der Waals surface area contributed by atoms with E-state index in [4.69, 9.17) is 5.11 Å². The van der Waals surface area contributed by atoms with Crippen molar-refractivity contribution in [1.29, 1.82) is 0 Å². The summed E-state index contributed by atoms with van der Waals surface area (Å²) < 4.78 is 13.2. The lowest BCUT2D eigenvalue weighted by molar-refractivity contribution is 0.101. The number of thioether (sulfide) groups is 1. The maximum absolute atomic E-state index is 13.2. The van der Waals surface area contributed by atoms with E-state index in [2.05, 4.69) is 0 Å². The van der Waals surface area contributed by atoms with Gasteiger partial charge in [0.2, 0.25) is 0 Å². The van der Waals surface area contributed by atoms with Gasteiger partial charge in [-0.05, 0) is 31.5 Å². The van der Waals surface area contributed by atoms with E-state index in [1.54, 1.807) is 13.0 Å². The Morgan fingerprint density at radius 1 is 1.53 bits per heavy atom. The minimum absolute atomic E-state index is 0.0401. The Kier molecular flexibility index (Phi) is 4.29. The number of aliphatic hydroxyl groups excluding tert-OH is 1. The van der Waals surface area contributed by atoms with Crippen LogP contribution in [0.15, 0.2) is 17.0 Å². The normalized spacial score (nSPS) is 10.4. The second-order valence-corrected chi connectivity index (χ2v) is 4.36. The van der Waals surface area contributed by atoms with Gasteiger partial charge in [0.15, 0.2) is 5.78 Å². The Bertz CT molecular complexity index is 377. The van der Waals surface area contributed by atoms with Crippen LogP contribution in [-0.4, -0.2) is 23.2 Å². The third-order valence-corrected chi connectivity index (χ3v) is 3.02. The van der Waals surface area contributed by atoms with Crippen molar-refractivity contribution in [1.82, 2.24) is 0 Å². The molecular formula is C11H13FO2S. The average Bonchev–Trinajstić information content (AvgIpc) is 2.19. The molecular weight excluding hydrogens is 215 g/mol. The first-order valence-corrected chi connectivity index (χ1v) is 5.59. The summed E-state index contributed by atoms with van der Waals surface area (Å²) in [7, 11) is 0. The molecule has 0 aliphatic carbocycles. The zero-order valence-corrected chi connectivity index (χ0v) is 9.53. The van der Waals surface area contributed by atoms with E-state index in [1.807, 2.05) is 0 Å². The van der Waals surface area contributed by atoms with Crippen molar-refractivity contribution < 1.29 is 14.3 Å². The molecule has 0 aliphatic rings. The highest BCUT2D eigenvalue weighted by Crippen LogP contribution is 2.25. The molecule has 2 nitrogen and oxygen atoms in total. The highest BCUT2D eigenvalue weighted by atomic mass is 32.2. The van der Waals surface area contributed by atoms with Crippen molar-refractivity contribution in [3.63, 3.8) is 0 Å². The van der Waals surface area contributed by atoms with E-state index in [0.717, 1.165) is 4.90 Å². The lowest BCUT2D eigenvalue weighted by Crippen LogP contribution is -1.99. The van der Waals surface area contributed by atoms with Gasteiger partial charge in [-0.1, -0.05) is 0 Å². The molecule has 0 saturated heterocycles. The van der Waals surface area contributed by atoms with Crippen LogP contribution in [0.2, 0.25) is 0 Å². The molecule has 0 unspecified atom stereocenters. The molecule has 0 atom stereocenters. The van der Waals surface area contributed by atoms with Crippen LogP contribution < -0.4 is 0 Å². The van der Waals surface area contributed by atoms with Gasteiger partial charge in [-0.2, -0.15) is 0 Å². The van der Waals surface area contributed by atoms with E-state index < -0.39 is 0 Å². The van der Waals surface area contributed by atoms with Gasteiger partial charge in [-0.15, -0.1) is 11.8 Å². The average molecular weight is 228 g/mol. The summed E-state index contributed by atoms with van der Waals surface area (Å²) >= 11 is 1.36. The molecule has 0 spiro atoms. The summed E-state index contributed by atoms with van der Waals surface area (Å²) in [5.74, 6) is -0.0198. The number of benzene rings is 1. The van der Waals surface area contributed by atoms with Crippen molar-refractivity contribution in [2.24, 2.45) is 0 Å². The maximum atomic E-state index is 13.2. The maximum Gasteiger partial charge on any atom is 0.161 e. The summed E-state index contributed by atoms with van der Waals surface area (Å²) in [5.41, 5.74) is 0.900. The number of ketones is 1. The molecule has 0 saturated carbocycles. The summed E-state index contributed by atoms with van der Waals surface area (Å²) in [6, 6.07) is 2.91. The third-order valence-electron chi connectivity index (χ3n) is 1.99. The Balaban J connectivity index is 3.10. The molecule has 0 amide bonds. The van der Waals surface area contributed by atoms with Crippen LogP contribution in [0.1, 0.15) is 22.8 Å². The number of aryl methyl sites for hydroxylation is 1. The lowest BCUT2D eigenvalue weighted by atomic mass is 10.1. The molecule has 1 rings (SSSR count). The smallest absolute Gasteiger partial charge is 0.161 e. The van der Waals surface area contributed by atoms with Gasteiger partial charge in [0.05, 0.1) is 6.61 Å². The van der Waals surface area contributed by atoms with E-state index in [9.17, 15) is 9.18 Å². The van der Waals surface area contributed by atoms with Gasteiger partial charge >= 0.3 is 0 Å². The number of hydrogen-bond acceptors (Lipinski definition) is 3. The predicted octanol–water partition coefficient (Wildman–Crippen LogP) is 2.42.